The molecule has 0 radical (unpaired) electrons. The van der Waals surface area contributed by atoms with Gasteiger partial charge >= 0.3 is 5.97 Å². The smallest absolute Gasteiger partial charge is 0.306 e. The average molecular weight is 464 g/mol. The van der Waals surface area contributed by atoms with Gasteiger partial charge in [-0.25, -0.2) is 0 Å². The minimum atomic E-state index is -0.628. The Morgan fingerprint density at radius 1 is 0.966 bits per heavy atom. The molecule has 1 N–H and O–H groups in total. The second-order valence-corrected chi connectivity index (χ2v) is 7.04. The molecule has 29 heavy (non-hydrogen) atoms. The lowest BCUT2D eigenvalue weighted by atomic mass is 10.1. The zero-order chi connectivity index (χ0) is 21.4. The van der Waals surface area contributed by atoms with Crippen LogP contribution in [0.15, 0.2) is 40.9 Å². The number of methoxy groups -OCH3 is 2. The lowest BCUT2D eigenvalue weighted by Crippen LogP contribution is -2.21. The average Bonchev–Trinajstić information content (AvgIpc) is 2.71. The summed E-state index contributed by atoms with van der Waals surface area (Å²) in [5.41, 5.74) is 2.03. The van der Waals surface area contributed by atoms with Gasteiger partial charge in [0.05, 0.1) is 26.3 Å². The summed E-state index contributed by atoms with van der Waals surface area (Å²) in [6.45, 7) is 1.51. The molecular weight excluding hydrogens is 442 g/mol. The van der Waals surface area contributed by atoms with Crippen LogP contribution >= 0.6 is 15.9 Å². The van der Waals surface area contributed by atoms with Crippen molar-refractivity contribution < 1.29 is 28.6 Å². The number of rotatable bonds is 9. The number of hydrogen-bond acceptors (Lipinski definition) is 6. The molecule has 2 aromatic rings. The Kier molecular flexibility index (Phi) is 8.21. The summed E-state index contributed by atoms with van der Waals surface area (Å²) in [5, 5.41) is 2.65. The van der Waals surface area contributed by atoms with Crippen molar-refractivity contribution in [3.05, 3.63) is 52.0 Å². The second kappa shape index (κ2) is 10.6. The van der Waals surface area contributed by atoms with Gasteiger partial charge in [-0.3, -0.25) is 14.4 Å². The van der Waals surface area contributed by atoms with Crippen LogP contribution in [-0.2, 0) is 14.3 Å². The normalized spacial score (nSPS) is 10.2. The fourth-order valence-electron chi connectivity index (χ4n) is 2.50. The fourth-order valence-corrected chi connectivity index (χ4v) is 3.09. The van der Waals surface area contributed by atoms with Gasteiger partial charge in [0.1, 0.15) is 0 Å². The Hall–Kier alpha value is -2.87. The number of ether oxygens (including phenoxy) is 3. The molecule has 154 valence electrons. The monoisotopic (exact) mass is 463 g/mol. The number of ketones is 1. The Balaban J connectivity index is 1.80. The van der Waals surface area contributed by atoms with E-state index in [4.69, 9.17) is 14.2 Å². The molecule has 7 nitrogen and oxygen atoms in total. The zero-order valence-electron chi connectivity index (χ0n) is 16.4. The maximum atomic E-state index is 12.3. The maximum Gasteiger partial charge on any atom is 0.306 e. The van der Waals surface area contributed by atoms with Gasteiger partial charge in [-0.1, -0.05) is 6.07 Å². The summed E-state index contributed by atoms with van der Waals surface area (Å²) in [5.74, 6) is -0.392. The van der Waals surface area contributed by atoms with Crippen LogP contribution in [0.5, 0.6) is 11.5 Å². The molecule has 0 unspecified atom stereocenters. The molecule has 1 amide bonds. The first kappa shape index (κ1) is 22.4. The number of amides is 1. The van der Waals surface area contributed by atoms with Gasteiger partial charge in [0.25, 0.3) is 5.91 Å². The number of Topliss-reactive ketones (excluding diaryl/α,β-unsaturated/α-hetero) is 1. The van der Waals surface area contributed by atoms with Crippen LogP contribution in [0, 0.1) is 6.92 Å². The summed E-state index contributed by atoms with van der Waals surface area (Å²) in [4.78, 5) is 36.1. The van der Waals surface area contributed by atoms with Crippen molar-refractivity contribution in [3.8, 4) is 11.5 Å². The standard InChI is InChI=1S/C21H22BrNO6/c1-13-4-6-16(15(22)10-13)23-20(25)12-29-21(26)9-7-17(24)14-5-8-18(27-2)19(11-14)28-3/h4-6,8,10-11H,7,9,12H2,1-3H3,(H,23,25). The van der Waals surface area contributed by atoms with Crippen molar-refractivity contribution in [3.63, 3.8) is 0 Å². The van der Waals surface area contributed by atoms with Crippen molar-refractivity contribution in [2.24, 2.45) is 0 Å². The lowest BCUT2D eigenvalue weighted by molar-refractivity contribution is -0.147. The minimum absolute atomic E-state index is 0.0422. The number of benzene rings is 2. The molecule has 0 saturated carbocycles. The van der Waals surface area contributed by atoms with E-state index in [2.05, 4.69) is 21.2 Å². The highest BCUT2D eigenvalue weighted by Gasteiger charge is 2.14. The van der Waals surface area contributed by atoms with Crippen LogP contribution in [-0.4, -0.2) is 38.5 Å². The van der Waals surface area contributed by atoms with E-state index in [0.29, 0.717) is 22.7 Å². The largest absolute Gasteiger partial charge is 0.493 e. The number of carbonyl (C=O) groups excluding carboxylic acids is 3. The highest BCUT2D eigenvalue weighted by atomic mass is 79.9. The van der Waals surface area contributed by atoms with E-state index >= 15 is 0 Å². The molecule has 2 aromatic carbocycles. The molecule has 0 aromatic heterocycles. The molecule has 0 aliphatic carbocycles. The molecule has 0 aliphatic heterocycles. The molecule has 2 rings (SSSR count). The molecule has 0 aliphatic rings. The Labute approximate surface area is 177 Å². The SMILES string of the molecule is COc1ccc(C(=O)CCC(=O)OCC(=O)Nc2ccc(C)cc2Br)cc1OC. The van der Waals surface area contributed by atoms with Crippen LogP contribution in [0.1, 0.15) is 28.8 Å². The van der Waals surface area contributed by atoms with Crippen LogP contribution in [0.2, 0.25) is 0 Å². The first-order valence-corrected chi connectivity index (χ1v) is 9.60. The van der Waals surface area contributed by atoms with E-state index in [0.717, 1.165) is 10.0 Å². The first-order chi connectivity index (χ1) is 13.8. The maximum absolute atomic E-state index is 12.3. The van der Waals surface area contributed by atoms with Crippen LogP contribution in [0.3, 0.4) is 0 Å². The van der Waals surface area contributed by atoms with Gasteiger partial charge in [-0.2, -0.15) is 0 Å². The van der Waals surface area contributed by atoms with E-state index < -0.39 is 18.5 Å². The number of nitrogens with one attached hydrogen (secondary N) is 1. The van der Waals surface area contributed by atoms with Gasteiger partial charge in [0.2, 0.25) is 0 Å². The Morgan fingerprint density at radius 2 is 1.69 bits per heavy atom. The zero-order valence-corrected chi connectivity index (χ0v) is 18.0. The predicted molar refractivity (Wildman–Crippen MR) is 112 cm³/mol. The number of anilines is 1. The van der Waals surface area contributed by atoms with Crippen molar-refractivity contribution >= 4 is 39.3 Å². The number of esters is 1. The van der Waals surface area contributed by atoms with Crippen LogP contribution in [0.4, 0.5) is 5.69 Å². The van der Waals surface area contributed by atoms with E-state index in [-0.39, 0.29) is 18.6 Å². The van der Waals surface area contributed by atoms with Crippen LogP contribution < -0.4 is 14.8 Å². The minimum Gasteiger partial charge on any atom is -0.493 e. The van der Waals surface area contributed by atoms with Crippen LogP contribution in [0.25, 0.3) is 0 Å². The second-order valence-electron chi connectivity index (χ2n) is 6.19. The van der Waals surface area contributed by atoms with E-state index in [1.165, 1.54) is 14.2 Å². The fraction of sp³-hybridized carbons (Fsp3) is 0.286. The van der Waals surface area contributed by atoms with E-state index in [1.807, 2.05) is 19.1 Å². The predicted octanol–water partition coefficient (Wildman–Crippen LogP) is 3.92. The molecule has 0 bridgehead atoms. The number of aryl methyl sites for hydroxylation is 1. The number of halogens is 1. The summed E-state index contributed by atoms with van der Waals surface area (Å²) in [6.07, 6.45) is -0.172. The van der Waals surface area contributed by atoms with E-state index in [9.17, 15) is 14.4 Å². The third kappa shape index (κ3) is 6.60. The van der Waals surface area contributed by atoms with E-state index in [1.54, 1.807) is 24.3 Å². The molecule has 0 heterocycles. The summed E-state index contributed by atoms with van der Waals surface area (Å²) < 4.78 is 16.0. The van der Waals surface area contributed by atoms with Crippen molar-refractivity contribution in [2.45, 2.75) is 19.8 Å². The lowest BCUT2D eigenvalue weighted by Gasteiger charge is -2.10. The number of hydrogen-bond donors (Lipinski definition) is 1. The third-order valence-corrected chi connectivity index (χ3v) is 4.68. The van der Waals surface area contributed by atoms with Gasteiger partial charge in [0.15, 0.2) is 23.9 Å². The molecule has 8 heteroatoms. The highest BCUT2D eigenvalue weighted by molar-refractivity contribution is 9.10. The number of carbonyl (C=O) groups is 3. The van der Waals surface area contributed by atoms with Crippen molar-refractivity contribution in [1.82, 2.24) is 0 Å². The topological polar surface area (TPSA) is 90.9 Å². The van der Waals surface area contributed by atoms with Gasteiger partial charge < -0.3 is 19.5 Å². The van der Waals surface area contributed by atoms with Gasteiger partial charge in [-0.05, 0) is 58.7 Å². The highest BCUT2D eigenvalue weighted by Crippen LogP contribution is 2.28. The summed E-state index contributed by atoms with van der Waals surface area (Å²) >= 11 is 3.36. The quantitative estimate of drug-likeness (QED) is 0.447. The van der Waals surface area contributed by atoms with Crippen molar-refractivity contribution in [2.75, 3.05) is 26.1 Å². The summed E-state index contributed by atoms with van der Waals surface area (Å²) in [7, 11) is 2.98. The third-order valence-electron chi connectivity index (χ3n) is 4.02. The molecule has 0 spiro atoms. The Bertz CT molecular complexity index is 912. The molecule has 0 fully saturated rings. The molecule has 0 saturated heterocycles. The summed E-state index contributed by atoms with van der Waals surface area (Å²) in [6, 6.07) is 10.2. The van der Waals surface area contributed by atoms with Gasteiger partial charge in [-0.15, -0.1) is 0 Å². The Morgan fingerprint density at radius 3 is 2.34 bits per heavy atom. The van der Waals surface area contributed by atoms with Crippen molar-refractivity contribution in [1.29, 1.82) is 0 Å². The van der Waals surface area contributed by atoms with Gasteiger partial charge in [0, 0.05) is 16.5 Å². The first-order valence-electron chi connectivity index (χ1n) is 8.81. The molecular formula is C21H22BrNO6. The molecule has 0 atom stereocenters.